The Hall–Kier alpha value is -1.81. The van der Waals surface area contributed by atoms with E-state index in [0.717, 1.165) is 54.9 Å². The summed E-state index contributed by atoms with van der Waals surface area (Å²) in [6.07, 6.45) is 7.39. The molecule has 32 heavy (non-hydrogen) atoms. The Morgan fingerprint density at radius 1 is 1.28 bits per heavy atom. The number of hydrogen-bond donors (Lipinski definition) is 3. The number of carbonyl (C=O) groups is 1. The van der Waals surface area contributed by atoms with Crippen molar-refractivity contribution in [3.05, 3.63) is 23.9 Å². The van der Waals surface area contributed by atoms with E-state index in [-0.39, 0.29) is 11.9 Å². The summed E-state index contributed by atoms with van der Waals surface area (Å²) in [6.45, 7) is 3.75. The maximum absolute atomic E-state index is 13.1. The number of rotatable bonds is 8. The van der Waals surface area contributed by atoms with Crippen LogP contribution in [0.2, 0.25) is 0 Å². The number of aryl methyl sites for hydroxylation is 1. The predicted molar refractivity (Wildman–Crippen MR) is 129 cm³/mol. The van der Waals surface area contributed by atoms with Crippen LogP contribution >= 0.6 is 11.3 Å². The van der Waals surface area contributed by atoms with Gasteiger partial charge in [-0.05, 0) is 68.8 Å². The number of thiazole rings is 1. The number of piperidine rings is 1. The fraction of sp³-hybridized carbons (Fsp3) is 0.565. The van der Waals surface area contributed by atoms with Crippen molar-refractivity contribution in [3.8, 4) is 16.2 Å². The van der Waals surface area contributed by atoms with E-state index in [0.29, 0.717) is 28.1 Å². The number of ether oxygens (including phenoxy) is 1. The highest BCUT2D eigenvalue weighted by atomic mass is 32.2. The molecule has 2 aliphatic rings. The number of benzene rings is 1. The normalized spacial score (nSPS) is 20.2. The van der Waals surface area contributed by atoms with Gasteiger partial charge in [-0.3, -0.25) is 4.79 Å². The van der Waals surface area contributed by atoms with Crippen LogP contribution in [0.1, 0.15) is 50.6 Å². The summed E-state index contributed by atoms with van der Waals surface area (Å²) in [6, 6.07) is 5.88. The summed E-state index contributed by atoms with van der Waals surface area (Å²) < 4.78 is 21.8. The van der Waals surface area contributed by atoms with Gasteiger partial charge in [-0.15, -0.1) is 0 Å². The second kappa shape index (κ2) is 10.9. The fourth-order valence-corrected chi connectivity index (χ4v) is 6.67. The van der Waals surface area contributed by atoms with Gasteiger partial charge in [-0.1, -0.05) is 24.2 Å². The molecule has 7 nitrogen and oxygen atoms in total. The number of carbonyl (C=O) groups excluding carboxylic acids is 1. The minimum absolute atomic E-state index is 0.0408. The Balaban J connectivity index is 1.49. The molecule has 1 amide bonds. The van der Waals surface area contributed by atoms with Crippen LogP contribution < -0.4 is 20.1 Å². The Morgan fingerprint density at radius 3 is 2.81 bits per heavy atom. The number of aromatic nitrogens is 1. The highest BCUT2D eigenvalue weighted by Crippen LogP contribution is 2.36. The monoisotopic (exact) mass is 476 g/mol. The van der Waals surface area contributed by atoms with Gasteiger partial charge in [-0.25, -0.2) is 13.9 Å². The van der Waals surface area contributed by atoms with Crippen molar-refractivity contribution in [3.63, 3.8) is 0 Å². The molecule has 1 saturated carbocycles. The standard InChI is InChI=1S/C23H32N4O3S2/c1-15-22(31-23(25-15)26-21(28)12-16-6-3-4-7-16)17-9-10-19(30-2)20(13-17)32(29)27-18-8-5-11-24-14-18/h9-10,13,16,18,24,27H,3-8,11-12,14H2,1-2H3,(H,25,26,28). The number of methoxy groups -OCH3 is 1. The van der Waals surface area contributed by atoms with Gasteiger partial charge in [0.15, 0.2) is 5.13 Å². The molecular weight excluding hydrogens is 444 g/mol. The van der Waals surface area contributed by atoms with Gasteiger partial charge in [0.05, 0.1) is 22.6 Å². The molecule has 1 aliphatic carbocycles. The third kappa shape index (κ3) is 5.75. The maximum Gasteiger partial charge on any atom is 0.226 e. The summed E-state index contributed by atoms with van der Waals surface area (Å²) in [7, 11) is 0.202. The molecule has 1 aromatic carbocycles. The van der Waals surface area contributed by atoms with E-state index < -0.39 is 11.0 Å². The number of nitrogens with one attached hydrogen (secondary N) is 3. The van der Waals surface area contributed by atoms with Crippen molar-refractivity contribution >= 4 is 33.4 Å². The van der Waals surface area contributed by atoms with Crippen LogP contribution in [0.3, 0.4) is 0 Å². The molecule has 1 aliphatic heterocycles. The van der Waals surface area contributed by atoms with E-state index in [1.54, 1.807) is 7.11 Å². The Kier molecular flexibility index (Phi) is 7.93. The molecular formula is C23H32N4O3S2. The minimum Gasteiger partial charge on any atom is -0.495 e. The van der Waals surface area contributed by atoms with Crippen LogP contribution in [0.5, 0.6) is 5.75 Å². The molecule has 0 spiro atoms. The third-order valence-corrected chi connectivity index (χ3v) is 8.58. The highest BCUT2D eigenvalue weighted by molar-refractivity contribution is 7.83. The number of hydrogen-bond acceptors (Lipinski definition) is 6. The van der Waals surface area contributed by atoms with Crippen LogP contribution in [0.4, 0.5) is 5.13 Å². The molecule has 3 N–H and O–H groups in total. The van der Waals surface area contributed by atoms with E-state index in [1.165, 1.54) is 24.2 Å². The topological polar surface area (TPSA) is 92.3 Å². The van der Waals surface area contributed by atoms with E-state index in [4.69, 9.17) is 4.74 Å². The van der Waals surface area contributed by atoms with Gasteiger partial charge in [-0.2, -0.15) is 0 Å². The van der Waals surface area contributed by atoms with Crippen LogP contribution in [0, 0.1) is 12.8 Å². The first kappa shape index (κ1) is 23.4. The SMILES string of the molecule is COc1ccc(-c2sc(NC(=O)CC3CCCC3)nc2C)cc1S(=O)NC1CCCNC1. The molecule has 4 rings (SSSR count). The molecule has 1 saturated heterocycles. The Labute approximate surface area is 196 Å². The first-order chi connectivity index (χ1) is 15.5. The quantitative estimate of drug-likeness (QED) is 0.535. The van der Waals surface area contributed by atoms with Gasteiger partial charge in [0.2, 0.25) is 5.91 Å². The first-order valence-electron chi connectivity index (χ1n) is 11.4. The Bertz CT molecular complexity index is 966. The molecule has 0 radical (unpaired) electrons. The van der Waals surface area contributed by atoms with Crippen molar-refractivity contribution in [2.24, 2.45) is 5.92 Å². The largest absolute Gasteiger partial charge is 0.495 e. The summed E-state index contributed by atoms with van der Waals surface area (Å²) >= 11 is 1.46. The summed E-state index contributed by atoms with van der Waals surface area (Å²) in [4.78, 5) is 18.6. The predicted octanol–water partition coefficient (Wildman–Crippen LogP) is 4.01. The molecule has 9 heteroatoms. The zero-order chi connectivity index (χ0) is 22.5. The molecule has 1 aromatic heterocycles. The van der Waals surface area contributed by atoms with Gasteiger partial charge in [0, 0.05) is 19.0 Å². The van der Waals surface area contributed by atoms with Gasteiger partial charge in [0.25, 0.3) is 0 Å². The minimum atomic E-state index is -1.39. The summed E-state index contributed by atoms with van der Waals surface area (Å²) in [5, 5.41) is 6.93. The van der Waals surface area contributed by atoms with Gasteiger partial charge >= 0.3 is 0 Å². The lowest BCUT2D eigenvalue weighted by Gasteiger charge is -2.23. The van der Waals surface area contributed by atoms with Crippen LogP contribution in [-0.4, -0.2) is 41.3 Å². The van der Waals surface area contributed by atoms with Crippen molar-refractivity contribution < 1.29 is 13.7 Å². The number of anilines is 1. The first-order valence-corrected chi connectivity index (χ1v) is 13.3. The van der Waals surface area contributed by atoms with Crippen molar-refractivity contribution in [1.82, 2.24) is 15.0 Å². The van der Waals surface area contributed by atoms with E-state index in [1.807, 2.05) is 25.1 Å². The Morgan fingerprint density at radius 2 is 2.09 bits per heavy atom. The van der Waals surface area contributed by atoms with E-state index in [9.17, 15) is 9.00 Å². The zero-order valence-corrected chi connectivity index (χ0v) is 20.4. The van der Waals surface area contributed by atoms with Gasteiger partial charge in [0.1, 0.15) is 16.7 Å². The molecule has 2 unspecified atom stereocenters. The third-order valence-electron chi connectivity index (χ3n) is 6.19. The molecule has 2 aromatic rings. The second-order valence-electron chi connectivity index (χ2n) is 8.63. The molecule has 2 heterocycles. The highest BCUT2D eigenvalue weighted by Gasteiger charge is 2.22. The zero-order valence-electron chi connectivity index (χ0n) is 18.7. The lowest BCUT2D eigenvalue weighted by atomic mass is 10.0. The van der Waals surface area contributed by atoms with Gasteiger partial charge < -0.3 is 15.4 Å². The van der Waals surface area contributed by atoms with Crippen molar-refractivity contribution in [2.45, 2.75) is 62.8 Å². The lowest BCUT2D eigenvalue weighted by Crippen LogP contribution is -2.43. The molecule has 0 bridgehead atoms. The maximum atomic E-state index is 13.1. The van der Waals surface area contributed by atoms with Crippen molar-refractivity contribution in [2.75, 3.05) is 25.5 Å². The summed E-state index contributed by atoms with van der Waals surface area (Å²) in [5.74, 6) is 1.14. The number of amides is 1. The van der Waals surface area contributed by atoms with Crippen LogP contribution in [0.25, 0.3) is 10.4 Å². The van der Waals surface area contributed by atoms with Crippen LogP contribution in [-0.2, 0) is 15.8 Å². The lowest BCUT2D eigenvalue weighted by molar-refractivity contribution is -0.117. The van der Waals surface area contributed by atoms with Crippen molar-refractivity contribution in [1.29, 1.82) is 0 Å². The molecule has 174 valence electrons. The van der Waals surface area contributed by atoms with Crippen LogP contribution in [0.15, 0.2) is 23.1 Å². The average Bonchev–Trinajstić information content (AvgIpc) is 3.43. The molecule has 2 atom stereocenters. The molecule has 2 fully saturated rings. The second-order valence-corrected chi connectivity index (χ2v) is 10.8. The summed E-state index contributed by atoms with van der Waals surface area (Å²) in [5.41, 5.74) is 1.77. The number of nitrogens with zero attached hydrogens (tertiary/aromatic N) is 1. The average molecular weight is 477 g/mol. The van der Waals surface area contributed by atoms with E-state index in [2.05, 4.69) is 20.3 Å². The smallest absolute Gasteiger partial charge is 0.226 e. The fourth-order valence-electron chi connectivity index (χ4n) is 4.49. The van der Waals surface area contributed by atoms with E-state index >= 15 is 0 Å².